The third-order valence-corrected chi connectivity index (χ3v) is 5.98. The van der Waals surface area contributed by atoms with Crippen LogP contribution in [0.3, 0.4) is 0 Å². The van der Waals surface area contributed by atoms with Crippen LogP contribution in [0.2, 0.25) is 0 Å². The van der Waals surface area contributed by atoms with Crippen molar-refractivity contribution in [3.63, 3.8) is 0 Å². The van der Waals surface area contributed by atoms with E-state index in [0.29, 0.717) is 18.3 Å². The van der Waals surface area contributed by atoms with Gasteiger partial charge in [-0.15, -0.1) is 0 Å². The lowest BCUT2D eigenvalue weighted by Crippen LogP contribution is -2.24. The van der Waals surface area contributed by atoms with E-state index in [-0.39, 0.29) is 11.7 Å². The monoisotopic (exact) mass is 454 g/mol. The Bertz CT molecular complexity index is 1330. The molecule has 0 saturated heterocycles. The molecule has 33 heavy (non-hydrogen) atoms. The van der Waals surface area contributed by atoms with Crippen molar-refractivity contribution in [2.45, 2.75) is 18.3 Å². The first-order valence-electron chi connectivity index (χ1n) is 10.7. The highest BCUT2D eigenvalue weighted by Gasteiger charge is 2.14. The Kier molecular flexibility index (Phi) is 6.21. The summed E-state index contributed by atoms with van der Waals surface area (Å²) < 4.78 is 7.60. The summed E-state index contributed by atoms with van der Waals surface area (Å²) in [5, 5.41) is 8.31. The minimum atomic E-state index is -0.0860. The number of thioether (sulfide) groups is 1. The number of rotatable bonds is 8. The van der Waals surface area contributed by atoms with Gasteiger partial charge in [0.2, 0.25) is 5.91 Å². The summed E-state index contributed by atoms with van der Waals surface area (Å²) in [6.07, 6.45) is 2.00. The zero-order valence-electron chi connectivity index (χ0n) is 17.8. The topological polar surface area (TPSA) is 73.0 Å². The number of carbonyl (C=O) groups is 1. The molecule has 0 aliphatic carbocycles. The van der Waals surface area contributed by atoms with E-state index in [1.165, 1.54) is 17.3 Å². The van der Waals surface area contributed by atoms with E-state index in [2.05, 4.69) is 22.4 Å². The van der Waals surface area contributed by atoms with E-state index in [1.54, 1.807) is 0 Å². The number of oxazole rings is 1. The van der Waals surface area contributed by atoms with Crippen LogP contribution in [0.25, 0.3) is 22.4 Å². The Morgan fingerprint density at radius 3 is 2.45 bits per heavy atom. The van der Waals surface area contributed by atoms with Gasteiger partial charge in [0.25, 0.3) is 5.22 Å². The summed E-state index contributed by atoms with van der Waals surface area (Å²) in [6, 6.07) is 27.8. The van der Waals surface area contributed by atoms with Gasteiger partial charge in [-0.2, -0.15) is 5.10 Å². The van der Waals surface area contributed by atoms with Crippen LogP contribution in [0.5, 0.6) is 0 Å². The predicted octanol–water partition coefficient (Wildman–Crippen LogP) is 5.15. The molecular weight excluding hydrogens is 432 g/mol. The molecule has 0 fully saturated rings. The van der Waals surface area contributed by atoms with E-state index < -0.39 is 0 Å². The third kappa shape index (κ3) is 5.15. The van der Waals surface area contributed by atoms with E-state index in [0.717, 1.165) is 27.9 Å². The molecule has 0 atom stereocenters. The first-order chi connectivity index (χ1) is 16.2. The van der Waals surface area contributed by atoms with Gasteiger partial charge in [0.1, 0.15) is 5.52 Å². The summed E-state index contributed by atoms with van der Waals surface area (Å²) in [5.74, 6) is 0.142. The van der Waals surface area contributed by atoms with Gasteiger partial charge in [0.05, 0.1) is 18.0 Å². The normalized spacial score (nSPS) is 11.0. The number of fused-ring (bicyclic) bond motifs is 1. The minimum Gasteiger partial charge on any atom is -0.431 e. The van der Waals surface area contributed by atoms with E-state index in [1.807, 2.05) is 83.7 Å². The highest BCUT2D eigenvalue weighted by atomic mass is 32.2. The highest BCUT2D eigenvalue weighted by molar-refractivity contribution is 7.99. The number of hydrogen-bond donors (Lipinski definition) is 1. The average molecular weight is 455 g/mol. The molecule has 0 radical (unpaired) electrons. The van der Waals surface area contributed by atoms with Crippen molar-refractivity contribution >= 4 is 28.8 Å². The zero-order chi connectivity index (χ0) is 22.5. The van der Waals surface area contributed by atoms with Crippen LogP contribution in [-0.4, -0.2) is 26.4 Å². The molecule has 0 aliphatic heterocycles. The number of hydrogen-bond acceptors (Lipinski definition) is 5. The quantitative estimate of drug-likeness (QED) is 0.328. The first kappa shape index (κ1) is 21.0. The second kappa shape index (κ2) is 9.75. The molecule has 164 valence electrons. The van der Waals surface area contributed by atoms with Crippen molar-refractivity contribution < 1.29 is 9.21 Å². The SMILES string of the molecule is O=C(CSc1nc2ccccc2o1)NCc1cn(Cc2ccccc2)nc1-c1ccccc1. The maximum atomic E-state index is 12.5. The number of amides is 1. The standard InChI is InChI=1S/C26H22N4O2S/c31-24(18-33-26-28-22-13-7-8-14-23(22)32-26)27-15-21-17-30(16-19-9-3-1-4-10-19)29-25(21)20-11-5-2-6-12-20/h1-14,17H,15-16,18H2,(H,27,31). The summed E-state index contributed by atoms with van der Waals surface area (Å²) in [4.78, 5) is 16.9. The van der Waals surface area contributed by atoms with Crippen molar-refractivity contribution in [3.8, 4) is 11.3 Å². The minimum absolute atomic E-state index is 0.0860. The lowest BCUT2D eigenvalue weighted by molar-refractivity contribution is -0.118. The van der Waals surface area contributed by atoms with Gasteiger partial charge in [-0.25, -0.2) is 4.98 Å². The van der Waals surface area contributed by atoms with Crippen molar-refractivity contribution in [2.24, 2.45) is 0 Å². The largest absolute Gasteiger partial charge is 0.431 e. The summed E-state index contributed by atoms with van der Waals surface area (Å²) in [7, 11) is 0. The molecule has 5 aromatic rings. The molecule has 6 nitrogen and oxygen atoms in total. The molecule has 0 bridgehead atoms. The highest BCUT2D eigenvalue weighted by Crippen LogP contribution is 2.24. The fraction of sp³-hybridized carbons (Fsp3) is 0.115. The Balaban J connectivity index is 1.26. The number of para-hydroxylation sites is 2. The zero-order valence-corrected chi connectivity index (χ0v) is 18.7. The number of nitrogens with zero attached hydrogens (tertiary/aromatic N) is 3. The van der Waals surface area contributed by atoms with Gasteiger partial charge < -0.3 is 9.73 Å². The maximum Gasteiger partial charge on any atom is 0.257 e. The predicted molar refractivity (Wildman–Crippen MR) is 130 cm³/mol. The van der Waals surface area contributed by atoms with Gasteiger partial charge in [-0.3, -0.25) is 9.48 Å². The van der Waals surface area contributed by atoms with Gasteiger partial charge in [0, 0.05) is 23.9 Å². The van der Waals surface area contributed by atoms with Crippen molar-refractivity contribution in [2.75, 3.05) is 5.75 Å². The van der Waals surface area contributed by atoms with Gasteiger partial charge in [0.15, 0.2) is 5.58 Å². The number of nitrogens with one attached hydrogen (secondary N) is 1. The Labute approximate surface area is 195 Å². The molecular formula is C26H22N4O2S. The molecule has 2 heterocycles. The lowest BCUT2D eigenvalue weighted by atomic mass is 10.1. The first-order valence-corrected chi connectivity index (χ1v) is 11.6. The smallest absolute Gasteiger partial charge is 0.257 e. The molecule has 5 rings (SSSR count). The Morgan fingerprint density at radius 2 is 1.67 bits per heavy atom. The van der Waals surface area contributed by atoms with E-state index in [9.17, 15) is 4.79 Å². The number of benzene rings is 3. The van der Waals surface area contributed by atoms with Crippen molar-refractivity contribution in [1.29, 1.82) is 0 Å². The molecule has 3 aromatic carbocycles. The second-order valence-electron chi connectivity index (χ2n) is 7.57. The van der Waals surface area contributed by atoms with Crippen molar-refractivity contribution in [3.05, 3.63) is 102 Å². The molecule has 0 unspecified atom stereocenters. The molecule has 0 spiro atoms. The summed E-state index contributed by atoms with van der Waals surface area (Å²) in [6.45, 7) is 1.06. The molecule has 1 N–H and O–H groups in total. The molecule has 0 aliphatic rings. The van der Waals surface area contributed by atoms with Crippen LogP contribution in [0.1, 0.15) is 11.1 Å². The van der Waals surface area contributed by atoms with Gasteiger partial charge in [-0.1, -0.05) is 84.6 Å². The molecule has 0 saturated carbocycles. The van der Waals surface area contributed by atoms with E-state index >= 15 is 0 Å². The van der Waals surface area contributed by atoms with Crippen LogP contribution in [0, 0.1) is 0 Å². The van der Waals surface area contributed by atoms with Crippen LogP contribution in [0.15, 0.2) is 101 Å². The van der Waals surface area contributed by atoms with Gasteiger partial charge >= 0.3 is 0 Å². The van der Waals surface area contributed by atoms with Crippen LogP contribution in [-0.2, 0) is 17.9 Å². The fourth-order valence-electron chi connectivity index (χ4n) is 3.57. The molecule has 2 aromatic heterocycles. The van der Waals surface area contributed by atoms with Crippen LogP contribution in [0.4, 0.5) is 0 Å². The summed E-state index contributed by atoms with van der Waals surface area (Å²) >= 11 is 1.29. The second-order valence-corrected chi connectivity index (χ2v) is 8.49. The van der Waals surface area contributed by atoms with Crippen LogP contribution >= 0.6 is 11.8 Å². The van der Waals surface area contributed by atoms with E-state index in [4.69, 9.17) is 9.52 Å². The fourth-order valence-corrected chi connectivity index (χ4v) is 4.24. The van der Waals surface area contributed by atoms with Crippen molar-refractivity contribution in [1.82, 2.24) is 20.1 Å². The number of aromatic nitrogens is 3. The lowest BCUT2D eigenvalue weighted by Gasteiger charge is -2.05. The average Bonchev–Trinajstić information content (AvgIpc) is 3.46. The van der Waals surface area contributed by atoms with Gasteiger partial charge in [-0.05, 0) is 17.7 Å². The maximum absolute atomic E-state index is 12.5. The molecule has 7 heteroatoms. The Morgan fingerprint density at radius 1 is 0.939 bits per heavy atom. The summed E-state index contributed by atoms with van der Waals surface area (Å²) in [5.41, 5.74) is 5.55. The van der Waals surface area contributed by atoms with Crippen LogP contribution < -0.4 is 5.32 Å². The third-order valence-electron chi connectivity index (χ3n) is 5.15. The Hall–Kier alpha value is -3.84. The molecule has 1 amide bonds. The number of carbonyl (C=O) groups excluding carboxylic acids is 1.